The van der Waals surface area contributed by atoms with Gasteiger partial charge >= 0.3 is 0 Å². The van der Waals surface area contributed by atoms with Gasteiger partial charge in [0.05, 0.1) is 17.7 Å². The highest BCUT2D eigenvalue weighted by Crippen LogP contribution is 2.22. The van der Waals surface area contributed by atoms with Crippen LogP contribution in [0.5, 0.6) is 0 Å². The topological polar surface area (TPSA) is 108 Å². The second kappa shape index (κ2) is 15.6. The molecule has 1 aliphatic heterocycles. The highest BCUT2D eigenvalue weighted by atomic mass is 16.6. The normalized spacial score (nSPS) is 20.9. The molecule has 0 aromatic carbocycles. The Balaban J connectivity index is 0.000000479. The number of aliphatic carboxylic acids is 2. The van der Waals surface area contributed by atoms with Gasteiger partial charge in [-0.1, -0.05) is 24.6 Å². The van der Waals surface area contributed by atoms with Gasteiger partial charge in [0.15, 0.2) is 0 Å². The van der Waals surface area contributed by atoms with Crippen molar-refractivity contribution in [2.75, 3.05) is 46.4 Å². The number of oxime groups is 1. The van der Waals surface area contributed by atoms with Crippen LogP contribution in [0.1, 0.15) is 51.9 Å². The number of carbonyl (C=O) groups excluding carboxylic acids is 2. The maximum absolute atomic E-state index is 9.41. The Kier molecular flexibility index (Phi) is 13.5. The van der Waals surface area contributed by atoms with E-state index in [9.17, 15) is 19.8 Å². The molecule has 1 saturated heterocycles. The van der Waals surface area contributed by atoms with Crippen LogP contribution in [0, 0.1) is 0 Å². The van der Waals surface area contributed by atoms with Crippen LogP contribution < -0.4 is 10.2 Å². The summed E-state index contributed by atoms with van der Waals surface area (Å²) in [6.07, 6.45) is 11.4. The Morgan fingerprint density at radius 3 is 2.30 bits per heavy atom. The molecule has 30 heavy (non-hydrogen) atoms. The number of nitrogens with zero attached hydrogens (tertiary/aromatic N) is 3. The van der Waals surface area contributed by atoms with Crippen LogP contribution in [0.4, 0.5) is 0 Å². The molecule has 0 amide bonds. The second-order valence-electron chi connectivity index (χ2n) is 7.57. The third-order valence-electron chi connectivity index (χ3n) is 5.00. The van der Waals surface area contributed by atoms with E-state index in [1.165, 1.54) is 63.1 Å². The molecule has 2 fully saturated rings. The highest BCUT2D eigenvalue weighted by Gasteiger charge is 2.14. The molecular formula is C22H35N3O5-2. The molecule has 8 nitrogen and oxygen atoms in total. The lowest BCUT2D eigenvalue weighted by atomic mass is 9.92. The fourth-order valence-electron chi connectivity index (χ4n) is 3.24. The number of likely N-dealkylation sites (N-methyl/N-ethyl adjacent to an activating group) is 1. The maximum Gasteiger partial charge on any atom is 0.118 e. The highest BCUT2D eigenvalue weighted by molar-refractivity contribution is 6.00. The number of carbonyl (C=O) groups is 2. The molecular weight excluding hydrogens is 386 g/mol. The van der Waals surface area contributed by atoms with Gasteiger partial charge in [-0.05, 0) is 63.3 Å². The van der Waals surface area contributed by atoms with E-state index < -0.39 is 11.9 Å². The number of carboxylic acids is 2. The first-order valence-electron chi connectivity index (χ1n) is 10.8. The van der Waals surface area contributed by atoms with Crippen LogP contribution >= 0.6 is 0 Å². The molecule has 1 saturated carbocycles. The average Bonchev–Trinajstić information content (AvgIpc) is 2.73. The first-order valence-corrected chi connectivity index (χ1v) is 10.8. The third-order valence-corrected chi connectivity index (χ3v) is 5.00. The first kappa shape index (κ1) is 25.8. The quantitative estimate of drug-likeness (QED) is 0.300. The van der Waals surface area contributed by atoms with E-state index in [0.717, 1.165) is 32.4 Å². The molecule has 0 aromatic heterocycles. The summed E-state index contributed by atoms with van der Waals surface area (Å²) in [5.41, 5.74) is 2.64. The standard InChI is InChI=1S/C18H33N3O.C4H4O4/c1-3-4-8-17-9-5-6-10-18(17)19-22-16-7-11-21-14-12-20(2)13-15-21;5-3(6)1-2-4(7)8/h8H,3-7,9-16H2,1-2H3;1-2H,(H,5,6)(H,7,8)/p-2. The molecule has 2 rings (SSSR count). The van der Waals surface area contributed by atoms with Gasteiger partial charge < -0.3 is 34.4 Å². The molecule has 0 aromatic rings. The lowest BCUT2D eigenvalue weighted by molar-refractivity contribution is -0.301. The van der Waals surface area contributed by atoms with Gasteiger partial charge in [0.1, 0.15) is 6.61 Å². The van der Waals surface area contributed by atoms with Crippen molar-refractivity contribution in [1.82, 2.24) is 9.80 Å². The van der Waals surface area contributed by atoms with Crippen LogP contribution in [0.2, 0.25) is 0 Å². The van der Waals surface area contributed by atoms with Crippen molar-refractivity contribution in [3.8, 4) is 0 Å². The molecule has 0 bridgehead atoms. The summed E-state index contributed by atoms with van der Waals surface area (Å²) in [7, 11) is 2.20. The third kappa shape index (κ3) is 12.4. The van der Waals surface area contributed by atoms with Crippen molar-refractivity contribution < 1.29 is 24.6 Å². The van der Waals surface area contributed by atoms with E-state index in [-0.39, 0.29) is 0 Å². The van der Waals surface area contributed by atoms with Gasteiger partial charge in [-0.25, -0.2) is 0 Å². The molecule has 0 unspecified atom stereocenters. The molecule has 0 N–H and O–H groups in total. The van der Waals surface area contributed by atoms with Crippen molar-refractivity contribution in [3.05, 3.63) is 23.8 Å². The number of piperazine rings is 1. The monoisotopic (exact) mass is 421 g/mol. The number of hydrogen-bond acceptors (Lipinski definition) is 8. The summed E-state index contributed by atoms with van der Waals surface area (Å²) < 4.78 is 0. The summed E-state index contributed by atoms with van der Waals surface area (Å²) in [5, 5.41) is 23.3. The van der Waals surface area contributed by atoms with Gasteiger partial charge in [0, 0.05) is 32.7 Å². The number of rotatable bonds is 9. The van der Waals surface area contributed by atoms with Crippen molar-refractivity contribution in [2.45, 2.75) is 51.9 Å². The zero-order valence-corrected chi connectivity index (χ0v) is 18.3. The zero-order valence-electron chi connectivity index (χ0n) is 18.3. The predicted octanol–water partition coefficient (Wildman–Crippen LogP) is 0.339. The van der Waals surface area contributed by atoms with E-state index in [1.807, 2.05) is 0 Å². The van der Waals surface area contributed by atoms with E-state index in [4.69, 9.17) is 4.84 Å². The Morgan fingerprint density at radius 2 is 1.70 bits per heavy atom. The fourth-order valence-corrected chi connectivity index (χ4v) is 3.24. The molecule has 8 heteroatoms. The van der Waals surface area contributed by atoms with E-state index in [1.54, 1.807) is 0 Å². The Labute approximate surface area is 179 Å². The SMILES string of the molecule is CCCC=C1CCCCC1=NOCCCN1CCN(C)CC1.O=C([O-])C=CC(=O)[O-]. The summed E-state index contributed by atoms with van der Waals surface area (Å²) in [6, 6.07) is 0. The second-order valence-corrected chi connectivity index (χ2v) is 7.57. The minimum absolute atomic E-state index is 0.384. The number of hydrogen-bond donors (Lipinski definition) is 0. The minimum Gasteiger partial charge on any atom is -0.545 e. The number of carboxylic acid groups (broad SMARTS) is 2. The molecule has 0 atom stereocenters. The van der Waals surface area contributed by atoms with Crippen molar-refractivity contribution in [2.24, 2.45) is 5.16 Å². The molecule has 0 spiro atoms. The van der Waals surface area contributed by atoms with Crippen molar-refractivity contribution >= 4 is 17.7 Å². The summed E-state index contributed by atoms with van der Waals surface area (Å²) in [4.78, 5) is 29.4. The fraction of sp³-hybridized carbons (Fsp3) is 0.682. The summed E-state index contributed by atoms with van der Waals surface area (Å²) in [5.74, 6) is -3.09. The lowest BCUT2D eigenvalue weighted by Crippen LogP contribution is -2.44. The van der Waals surface area contributed by atoms with Crippen LogP contribution in [0.15, 0.2) is 29.0 Å². The molecule has 1 heterocycles. The largest absolute Gasteiger partial charge is 0.545 e. The average molecular weight is 422 g/mol. The smallest absolute Gasteiger partial charge is 0.118 e. The van der Waals surface area contributed by atoms with Gasteiger partial charge in [-0.2, -0.15) is 0 Å². The minimum atomic E-state index is -1.55. The van der Waals surface area contributed by atoms with Crippen molar-refractivity contribution in [1.29, 1.82) is 0 Å². The van der Waals surface area contributed by atoms with Gasteiger partial charge in [0.25, 0.3) is 0 Å². The van der Waals surface area contributed by atoms with Crippen LogP contribution in [0.3, 0.4) is 0 Å². The van der Waals surface area contributed by atoms with Crippen LogP contribution in [0.25, 0.3) is 0 Å². The summed E-state index contributed by atoms with van der Waals surface area (Å²) >= 11 is 0. The van der Waals surface area contributed by atoms with E-state index in [0.29, 0.717) is 12.2 Å². The number of unbranched alkanes of at least 4 members (excludes halogenated alkanes) is 1. The molecule has 170 valence electrons. The van der Waals surface area contributed by atoms with Gasteiger partial charge in [-0.3, -0.25) is 0 Å². The zero-order chi connectivity index (χ0) is 22.2. The molecule has 0 radical (unpaired) electrons. The molecule has 2 aliphatic rings. The lowest BCUT2D eigenvalue weighted by Gasteiger charge is -2.32. The Hall–Kier alpha value is -2.19. The maximum atomic E-state index is 9.41. The van der Waals surface area contributed by atoms with Crippen molar-refractivity contribution in [3.63, 3.8) is 0 Å². The van der Waals surface area contributed by atoms with Gasteiger partial charge in [-0.15, -0.1) is 0 Å². The molecule has 1 aliphatic carbocycles. The predicted molar refractivity (Wildman–Crippen MR) is 113 cm³/mol. The van der Waals surface area contributed by atoms with E-state index in [2.05, 4.69) is 35.0 Å². The van der Waals surface area contributed by atoms with Gasteiger partial charge in [0.2, 0.25) is 0 Å². The van der Waals surface area contributed by atoms with Crippen LogP contribution in [-0.4, -0.2) is 73.8 Å². The Morgan fingerprint density at radius 1 is 1.07 bits per heavy atom. The van der Waals surface area contributed by atoms with E-state index >= 15 is 0 Å². The summed E-state index contributed by atoms with van der Waals surface area (Å²) in [6.45, 7) is 8.87. The Bertz CT molecular complexity index is 592. The first-order chi connectivity index (χ1) is 14.4. The van der Waals surface area contributed by atoms with Crippen LogP contribution in [-0.2, 0) is 14.4 Å². The number of allylic oxidation sites excluding steroid dienone is 2.